The minimum Gasteiger partial charge on any atom is -0.288 e. The maximum Gasteiger partial charge on any atom is 0.302 e. The summed E-state index contributed by atoms with van der Waals surface area (Å²) < 4.78 is 33.5. The number of rotatable bonds is 3. The van der Waals surface area contributed by atoms with E-state index in [0.29, 0.717) is 12.8 Å². The summed E-state index contributed by atoms with van der Waals surface area (Å²) in [5.74, 6) is 2.29. The van der Waals surface area contributed by atoms with Crippen LogP contribution in [-0.2, 0) is 10.2 Å². The molecule has 1 aliphatic rings. The minimum absolute atomic E-state index is 0.0696. The van der Waals surface area contributed by atoms with Crippen LogP contribution in [0.2, 0.25) is 0 Å². The van der Waals surface area contributed by atoms with Gasteiger partial charge in [-0.25, -0.2) is 0 Å². The second-order valence-electron chi connectivity index (χ2n) is 4.84. The third-order valence-electron chi connectivity index (χ3n) is 3.19. The number of halogens is 1. The molecule has 5 heteroatoms. The number of likely N-dealkylation sites (tertiary alicyclic amines) is 1. The summed E-state index contributed by atoms with van der Waals surface area (Å²) in [6, 6.07) is 0. The summed E-state index contributed by atoms with van der Waals surface area (Å²) in [4.78, 5) is 2.13. The molecule has 1 aliphatic heterocycles. The molecule has 0 spiro atoms. The third kappa shape index (κ3) is 3.76. The van der Waals surface area contributed by atoms with Crippen molar-refractivity contribution in [2.24, 2.45) is 5.92 Å². The Kier molecular flexibility index (Phi) is 3.97. The average molecular weight is 247 g/mol. The van der Waals surface area contributed by atoms with E-state index >= 15 is 0 Å². The van der Waals surface area contributed by atoms with E-state index in [2.05, 4.69) is 10.8 Å². The van der Waals surface area contributed by atoms with Gasteiger partial charge >= 0.3 is 10.2 Å². The highest BCUT2D eigenvalue weighted by Gasteiger charge is 2.30. The molecule has 0 aliphatic carbocycles. The Hall–Kier alpha value is -0.600. The van der Waals surface area contributed by atoms with E-state index in [1.165, 1.54) is 0 Å². The maximum absolute atomic E-state index is 12.5. The van der Waals surface area contributed by atoms with Crippen molar-refractivity contribution in [1.29, 1.82) is 0 Å². The van der Waals surface area contributed by atoms with Crippen molar-refractivity contribution >= 4 is 10.2 Å². The van der Waals surface area contributed by atoms with Gasteiger partial charge in [0, 0.05) is 0 Å². The van der Waals surface area contributed by atoms with Gasteiger partial charge in [0.15, 0.2) is 0 Å². The Morgan fingerprint density at radius 1 is 1.44 bits per heavy atom. The Morgan fingerprint density at radius 3 is 2.31 bits per heavy atom. The van der Waals surface area contributed by atoms with Gasteiger partial charge in [0.05, 0.1) is 11.3 Å². The molecule has 0 atom stereocenters. The highest BCUT2D eigenvalue weighted by atomic mass is 32.3. The molecule has 92 valence electrons. The monoisotopic (exact) mass is 247 g/mol. The zero-order valence-electron chi connectivity index (χ0n) is 9.74. The van der Waals surface area contributed by atoms with E-state index < -0.39 is 10.2 Å². The summed E-state index contributed by atoms with van der Waals surface area (Å²) in [6.07, 6.45) is 6.80. The fraction of sp³-hybridized carbons (Fsp3) is 0.818. The molecule has 0 N–H and O–H groups in total. The predicted octanol–water partition coefficient (Wildman–Crippen LogP) is 1.41. The van der Waals surface area contributed by atoms with Crippen molar-refractivity contribution in [2.75, 3.05) is 18.8 Å². The lowest BCUT2D eigenvalue weighted by atomic mass is 9.94. The van der Waals surface area contributed by atoms with Crippen LogP contribution >= 0.6 is 0 Å². The molecule has 0 radical (unpaired) electrons. The Labute approximate surface area is 97.2 Å². The number of piperidine rings is 1. The SMILES string of the molecule is C#CC(C)(C)N1CCC(CS(=O)(=O)F)CC1. The number of hydrogen-bond acceptors (Lipinski definition) is 3. The van der Waals surface area contributed by atoms with E-state index in [1.54, 1.807) is 0 Å². The van der Waals surface area contributed by atoms with Crippen LogP contribution in [-0.4, -0.2) is 37.7 Å². The Bertz CT molecular complexity index is 375. The Morgan fingerprint density at radius 2 is 1.94 bits per heavy atom. The van der Waals surface area contributed by atoms with Crippen molar-refractivity contribution in [3.05, 3.63) is 0 Å². The van der Waals surface area contributed by atoms with Crippen LogP contribution in [0.25, 0.3) is 0 Å². The molecule has 0 saturated carbocycles. The highest BCUT2D eigenvalue weighted by Crippen LogP contribution is 2.24. The molecule has 0 bridgehead atoms. The maximum atomic E-state index is 12.5. The second kappa shape index (κ2) is 4.72. The summed E-state index contributed by atoms with van der Waals surface area (Å²) in [6.45, 7) is 5.38. The number of nitrogens with zero attached hydrogens (tertiary/aromatic N) is 1. The van der Waals surface area contributed by atoms with Crippen molar-refractivity contribution in [2.45, 2.75) is 32.2 Å². The molecular weight excluding hydrogens is 229 g/mol. The smallest absolute Gasteiger partial charge is 0.288 e. The molecule has 16 heavy (non-hydrogen) atoms. The van der Waals surface area contributed by atoms with Crippen LogP contribution in [0.3, 0.4) is 0 Å². The molecule has 0 unspecified atom stereocenters. The molecule has 0 aromatic heterocycles. The summed E-state index contributed by atoms with van der Waals surface area (Å²) >= 11 is 0. The summed E-state index contributed by atoms with van der Waals surface area (Å²) in [5, 5.41) is 0. The van der Waals surface area contributed by atoms with Crippen LogP contribution in [0.15, 0.2) is 0 Å². The first-order chi connectivity index (χ1) is 7.24. The summed E-state index contributed by atoms with van der Waals surface area (Å²) in [5.41, 5.74) is -0.306. The molecule has 0 aromatic carbocycles. The number of terminal acetylenes is 1. The third-order valence-corrected chi connectivity index (χ3v) is 4.06. The standard InChI is InChI=1S/C11H18FNO2S/c1-4-11(2,3)13-7-5-10(6-8-13)9-16(12,14)15/h1,10H,5-9H2,2-3H3. The molecule has 0 amide bonds. The van der Waals surface area contributed by atoms with Crippen molar-refractivity contribution in [3.63, 3.8) is 0 Å². The lowest BCUT2D eigenvalue weighted by Gasteiger charge is -2.39. The van der Waals surface area contributed by atoms with Gasteiger partial charge in [0.1, 0.15) is 0 Å². The molecule has 0 aromatic rings. The van der Waals surface area contributed by atoms with Crippen LogP contribution in [0.1, 0.15) is 26.7 Å². The second-order valence-corrected chi connectivity index (χ2v) is 6.25. The van der Waals surface area contributed by atoms with Crippen molar-refractivity contribution < 1.29 is 12.3 Å². The molecule has 1 saturated heterocycles. The normalized spacial score (nSPS) is 20.6. The summed E-state index contributed by atoms with van der Waals surface area (Å²) in [7, 11) is -4.34. The molecule has 1 fully saturated rings. The van der Waals surface area contributed by atoms with Crippen molar-refractivity contribution in [1.82, 2.24) is 4.90 Å². The van der Waals surface area contributed by atoms with Crippen molar-refractivity contribution in [3.8, 4) is 12.3 Å². The van der Waals surface area contributed by atoms with E-state index in [0.717, 1.165) is 13.1 Å². The van der Waals surface area contributed by atoms with Gasteiger partial charge in [-0.05, 0) is 45.7 Å². The van der Waals surface area contributed by atoms with Gasteiger partial charge in [0.25, 0.3) is 0 Å². The zero-order valence-corrected chi connectivity index (χ0v) is 10.6. The number of hydrogen-bond donors (Lipinski definition) is 0. The van der Waals surface area contributed by atoms with E-state index in [9.17, 15) is 12.3 Å². The highest BCUT2D eigenvalue weighted by molar-refractivity contribution is 7.86. The van der Waals surface area contributed by atoms with Gasteiger partial charge in [-0.3, -0.25) is 4.90 Å². The van der Waals surface area contributed by atoms with E-state index in [1.807, 2.05) is 13.8 Å². The molecular formula is C11H18FNO2S. The topological polar surface area (TPSA) is 37.4 Å². The van der Waals surface area contributed by atoms with Crippen LogP contribution in [0.5, 0.6) is 0 Å². The first kappa shape index (κ1) is 13.5. The first-order valence-corrected chi connectivity index (χ1v) is 6.95. The minimum atomic E-state index is -4.34. The molecule has 3 nitrogen and oxygen atoms in total. The van der Waals surface area contributed by atoms with Crippen LogP contribution in [0, 0.1) is 18.3 Å². The van der Waals surface area contributed by atoms with Gasteiger partial charge in [-0.15, -0.1) is 10.3 Å². The van der Waals surface area contributed by atoms with E-state index in [-0.39, 0.29) is 17.2 Å². The van der Waals surface area contributed by atoms with Crippen LogP contribution in [0.4, 0.5) is 3.89 Å². The fourth-order valence-electron chi connectivity index (χ4n) is 2.03. The van der Waals surface area contributed by atoms with Gasteiger partial charge in [-0.2, -0.15) is 8.42 Å². The fourth-order valence-corrected chi connectivity index (χ4v) is 2.93. The average Bonchev–Trinajstić information content (AvgIpc) is 2.16. The molecule has 1 heterocycles. The van der Waals surface area contributed by atoms with Crippen LogP contribution < -0.4 is 0 Å². The largest absolute Gasteiger partial charge is 0.302 e. The quantitative estimate of drug-likeness (QED) is 0.559. The van der Waals surface area contributed by atoms with Gasteiger partial charge < -0.3 is 0 Å². The zero-order chi connectivity index (χ0) is 12.4. The lowest BCUT2D eigenvalue weighted by molar-refractivity contribution is 0.117. The van der Waals surface area contributed by atoms with E-state index in [4.69, 9.17) is 6.42 Å². The Balaban J connectivity index is 2.50. The first-order valence-electron chi connectivity index (χ1n) is 5.40. The predicted molar refractivity (Wildman–Crippen MR) is 62.1 cm³/mol. The lowest BCUT2D eigenvalue weighted by Crippen LogP contribution is -2.47. The molecule has 1 rings (SSSR count). The van der Waals surface area contributed by atoms with Gasteiger partial charge in [-0.1, -0.05) is 5.92 Å². The van der Waals surface area contributed by atoms with Gasteiger partial charge in [0.2, 0.25) is 0 Å².